The Kier molecular flexibility index (Phi) is 11.1. The highest BCUT2D eigenvalue weighted by Crippen LogP contribution is 2.28. The molecule has 36 heavy (non-hydrogen) atoms. The van der Waals surface area contributed by atoms with Crippen LogP contribution in [0.5, 0.6) is 0 Å². The molecule has 1 N–H and O–H groups in total. The standard InChI is InChI=1S/C26H35Cl2N3O4S/c1-6-24(26(33)29-7-2)30(17-21-22(27)10-8-11-23(21)28)25(32)12-9-15-31(36(5,34)35)20-14-13-18(3)19(4)16-20/h8,10-11,13-14,16,24H,6-7,9,12,15,17H2,1-5H3,(H,29,33)/t24-/m1/s1. The third kappa shape index (κ3) is 7.85. The second kappa shape index (κ2) is 13.3. The number of carbonyl (C=O) groups is 2. The van der Waals surface area contributed by atoms with Gasteiger partial charge in [-0.1, -0.05) is 42.3 Å². The maximum atomic E-state index is 13.4. The van der Waals surface area contributed by atoms with Gasteiger partial charge in [-0.05, 0) is 69.0 Å². The third-order valence-electron chi connectivity index (χ3n) is 6.06. The van der Waals surface area contributed by atoms with Gasteiger partial charge in [0.05, 0.1) is 11.9 Å². The monoisotopic (exact) mass is 555 g/mol. The summed E-state index contributed by atoms with van der Waals surface area (Å²) in [5, 5.41) is 3.60. The Morgan fingerprint density at radius 1 is 1.03 bits per heavy atom. The predicted octanol–water partition coefficient (Wildman–Crippen LogP) is 5.10. The first kappa shape index (κ1) is 29.9. The van der Waals surface area contributed by atoms with E-state index in [1.54, 1.807) is 24.3 Å². The molecule has 0 bridgehead atoms. The van der Waals surface area contributed by atoms with E-state index in [4.69, 9.17) is 23.2 Å². The molecule has 2 aromatic rings. The Morgan fingerprint density at radius 3 is 2.19 bits per heavy atom. The number of aryl methyl sites for hydroxylation is 2. The van der Waals surface area contributed by atoms with Crippen molar-refractivity contribution >= 4 is 50.7 Å². The molecule has 0 saturated carbocycles. The molecule has 2 rings (SSSR count). The molecule has 0 spiro atoms. The van der Waals surface area contributed by atoms with Crippen LogP contribution >= 0.6 is 23.2 Å². The minimum Gasteiger partial charge on any atom is -0.355 e. The lowest BCUT2D eigenvalue weighted by Gasteiger charge is -2.31. The third-order valence-corrected chi connectivity index (χ3v) is 7.96. The van der Waals surface area contributed by atoms with Gasteiger partial charge in [-0.2, -0.15) is 0 Å². The maximum Gasteiger partial charge on any atom is 0.242 e. The SMILES string of the molecule is CCNC(=O)[C@@H](CC)N(Cc1c(Cl)cccc1Cl)C(=O)CCCN(c1ccc(C)c(C)c1)S(C)(=O)=O. The van der Waals surface area contributed by atoms with Gasteiger partial charge < -0.3 is 10.2 Å². The first-order valence-electron chi connectivity index (χ1n) is 12.0. The van der Waals surface area contributed by atoms with Crippen LogP contribution in [0.1, 0.15) is 49.8 Å². The molecule has 0 aromatic heterocycles. The Labute approximate surface area is 224 Å². The molecule has 0 radical (unpaired) electrons. The number of carbonyl (C=O) groups excluding carboxylic acids is 2. The van der Waals surface area contributed by atoms with Gasteiger partial charge in [-0.3, -0.25) is 13.9 Å². The van der Waals surface area contributed by atoms with Crippen molar-refractivity contribution in [3.05, 3.63) is 63.1 Å². The van der Waals surface area contributed by atoms with Crippen molar-refractivity contribution in [2.75, 3.05) is 23.7 Å². The summed E-state index contributed by atoms with van der Waals surface area (Å²) in [4.78, 5) is 27.7. The summed E-state index contributed by atoms with van der Waals surface area (Å²) in [5.41, 5.74) is 3.16. The van der Waals surface area contributed by atoms with Gasteiger partial charge >= 0.3 is 0 Å². The van der Waals surface area contributed by atoms with Crippen LogP contribution in [0.3, 0.4) is 0 Å². The van der Waals surface area contributed by atoms with Gasteiger partial charge in [0, 0.05) is 41.7 Å². The molecule has 0 aliphatic heterocycles. The summed E-state index contributed by atoms with van der Waals surface area (Å²) in [7, 11) is -3.56. The molecular weight excluding hydrogens is 521 g/mol. The van der Waals surface area contributed by atoms with E-state index < -0.39 is 16.1 Å². The largest absolute Gasteiger partial charge is 0.355 e. The normalized spacial score (nSPS) is 12.2. The van der Waals surface area contributed by atoms with Crippen LogP contribution in [-0.4, -0.2) is 50.5 Å². The number of amides is 2. The van der Waals surface area contributed by atoms with Crippen molar-refractivity contribution < 1.29 is 18.0 Å². The highest BCUT2D eigenvalue weighted by molar-refractivity contribution is 7.92. The first-order chi connectivity index (χ1) is 16.9. The second-order valence-corrected chi connectivity index (χ2v) is 11.5. The molecule has 0 aliphatic carbocycles. The topological polar surface area (TPSA) is 86.8 Å². The Balaban J connectivity index is 2.27. The molecule has 0 unspecified atom stereocenters. The number of anilines is 1. The number of halogens is 2. The zero-order valence-electron chi connectivity index (χ0n) is 21.5. The number of sulfonamides is 1. The molecule has 198 valence electrons. The minimum absolute atomic E-state index is 0.0504. The van der Waals surface area contributed by atoms with Crippen LogP contribution in [0.4, 0.5) is 5.69 Å². The van der Waals surface area contributed by atoms with Crippen LogP contribution in [0.25, 0.3) is 0 Å². The number of likely N-dealkylation sites (N-methyl/N-ethyl adjacent to an activating group) is 1. The molecule has 2 amide bonds. The molecule has 0 fully saturated rings. The quantitative estimate of drug-likeness (QED) is 0.394. The van der Waals surface area contributed by atoms with Crippen LogP contribution in [0.2, 0.25) is 10.0 Å². The zero-order chi connectivity index (χ0) is 27.0. The molecule has 0 saturated heterocycles. The molecular formula is C26H35Cl2N3O4S. The lowest BCUT2D eigenvalue weighted by molar-refractivity contribution is -0.141. The van der Waals surface area contributed by atoms with Gasteiger partial charge in [0.25, 0.3) is 0 Å². The minimum atomic E-state index is -3.56. The van der Waals surface area contributed by atoms with Gasteiger partial charge in [0.15, 0.2) is 0 Å². The van der Waals surface area contributed by atoms with Crippen LogP contribution in [0.15, 0.2) is 36.4 Å². The Morgan fingerprint density at radius 2 is 1.67 bits per heavy atom. The fourth-order valence-corrected chi connectivity index (χ4v) is 5.42. The number of benzene rings is 2. The summed E-state index contributed by atoms with van der Waals surface area (Å²) in [5.74, 6) is -0.540. The summed E-state index contributed by atoms with van der Waals surface area (Å²) in [6.07, 6.45) is 1.88. The van der Waals surface area contributed by atoms with Crippen molar-refractivity contribution in [3.63, 3.8) is 0 Å². The zero-order valence-corrected chi connectivity index (χ0v) is 23.8. The Hall–Kier alpha value is -2.29. The van der Waals surface area contributed by atoms with Crippen molar-refractivity contribution in [1.82, 2.24) is 10.2 Å². The highest BCUT2D eigenvalue weighted by atomic mass is 35.5. The smallest absolute Gasteiger partial charge is 0.242 e. The van der Waals surface area contributed by atoms with Gasteiger partial charge in [0.2, 0.25) is 21.8 Å². The number of nitrogens with zero attached hydrogens (tertiary/aromatic N) is 2. The summed E-state index contributed by atoms with van der Waals surface area (Å²) in [6.45, 7) is 8.16. The number of rotatable bonds is 12. The van der Waals surface area contributed by atoms with E-state index >= 15 is 0 Å². The van der Waals surface area contributed by atoms with E-state index in [1.807, 2.05) is 39.8 Å². The van der Waals surface area contributed by atoms with Crippen LogP contribution in [0, 0.1) is 13.8 Å². The van der Waals surface area contributed by atoms with Crippen molar-refractivity contribution in [2.45, 2.75) is 59.5 Å². The van der Waals surface area contributed by atoms with Crippen LogP contribution in [-0.2, 0) is 26.2 Å². The molecule has 1 atom stereocenters. The fourth-order valence-electron chi connectivity index (χ4n) is 3.95. The van der Waals surface area contributed by atoms with Crippen molar-refractivity contribution in [1.29, 1.82) is 0 Å². The van der Waals surface area contributed by atoms with Crippen molar-refractivity contribution in [2.24, 2.45) is 0 Å². The number of nitrogens with one attached hydrogen (secondary N) is 1. The Bertz CT molecular complexity index is 1170. The van der Waals surface area contributed by atoms with E-state index in [9.17, 15) is 18.0 Å². The average Bonchev–Trinajstić information content (AvgIpc) is 2.79. The van der Waals surface area contributed by atoms with E-state index in [0.717, 1.165) is 17.4 Å². The van der Waals surface area contributed by atoms with E-state index in [2.05, 4.69) is 5.32 Å². The molecule has 0 heterocycles. The average molecular weight is 557 g/mol. The number of hydrogen-bond acceptors (Lipinski definition) is 4. The van der Waals surface area contributed by atoms with E-state index in [0.29, 0.717) is 34.3 Å². The maximum absolute atomic E-state index is 13.4. The van der Waals surface area contributed by atoms with Crippen LogP contribution < -0.4 is 9.62 Å². The van der Waals surface area contributed by atoms with Crippen molar-refractivity contribution in [3.8, 4) is 0 Å². The van der Waals surface area contributed by atoms with E-state index in [-0.39, 0.29) is 37.7 Å². The van der Waals surface area contributed by atoms with E-state index in [1.165, 1.54) is 9.21 Å². The molecule has 0 aliphatic rings. The lowest BCUT2D eigenvalue weighted by Crippen LogP contribution is -2.49. The second-order valence-electron chi connectivity index (χ2n) is 8.75. The summed E-state index contributed by atoms with van der Waals surface area (Å²) >= 11 is 12.7. The highest BCUT2D eigenvalue weighted by Gasteiger charge is 2.29. The summed E-state index contributed by atoms with van der Waals surface area (Å²) in [6, 6.07) is 9.84. The lowest BCUT2D eigenvalue weighted by atomic mass is 10.1. The first-order valence-corrected chi connectivity index (χ1v) is 14.6. The number of hydrogen-bond donors (Lipinski definition) is 1. The molecule has 7 nitrogen and oxygen atoms in total. The van der Waals surface area contributed by atoms with Gasteiger partial charge in [-0.15, -0.1) is 0 Å². The predicted molar refractivity (Wildman–Crippen MR) is 147 cm³/mol. The van der Waals surface area contributed by atoms with Gasteiger partial charge in [-0.25, -0.2) is 8.42 Å². The molecule has 10 heteroatoms. The summed E-state index contributed by atoms with van der Waals surface area (Å²) < 4.78 is 26.3. The molecule has 2 aromatic carbocycles. The fraction of sp³-hybridized carbons (Fsp3) is 0.462. The van der Waals surface area contributed by atoms with Gasteiger partial charge in [0.1, 0.15) is 6.04 Å².